The minimum Gasteiger partial charge on any atom is -0.387 e. The molecule has 1 unspecified atom stereocenters. The first-order chi connectivity index (χ1) is 9.58. The Morgan fingerprint density at radius 1 is 1.45 bits per heavy atom. The van der Waals surface area contributed by atoms with Crippen LogP contribution in [0.1, 0.15) is 50.3 Å². The summed E-state index contributed by atoms with van der Waals surface area (Å²) in [6.45, 7) is 1.74. The second-order valence-corrected chi connectivity index (χ2v) is 7.00. The van der Waals surface area contributed by atoms with Gasteiger partial charge >= 0.3 is 0 Å². The van der Waals surface area contributed by atoms with Gasteiger partial charge < -0.3 is 10.0 Å². The van der Waals surface area contributed by atoms with Gasteiger partial charge in [0.25, 0.3) is 0 Å². The van der Waals surface area contributed by atoms with E-state index in [0.29, 0.717) is 0 Å². The molecule has 2 rings (SSSR count). The lowest BCUT2D eigenvalue weighted by atomic mass is 9.98. The molecule has 1 aromatic rings. The van der Waals surface area contributed by atoms with Crippen LogP contribution >= 0.6 is 15.9 Å². The van der Waals surface area contributed by atoms with Gasteiger partial charge in [0.1, 0.15) is 0 Å². The van der Waals surface area contributed by atoms with Crippen LogP contribution in [-0.4, -0.2) is 40.4 Å². The van der Waals surface area contributed by atoms with E-state index in [1.807, 2.05) is 4.68 Å². The van der Waals surface area contributed by atoms with Crippen LogP contribution in [-0.2, 0) is 6.54 Å². The van der Waals surface area contributed by atoms with Crippen LogP contribution in [0.4, 0.5) is 0 Å². The summed E-state index contributed by atoms with van der Waals surface area (Å²) in [5.74, 6) is 0.821. The predicted molar refractivity (Wildman–Crippen MR) is 84.6 cm³/mol. The highest BCUT2D eigenvalue weighted by Crippen LogP contribution is 2.33. The van der Waals surface area contributed by atoms with Crippen molar-refractivity contribution in [2.75, 3.05) is 20.6 Å². The molecule has 5 heteroatoms. The van der Waals surface area contributed by atoms with Crippen LogP contribution in [0.15, 0.2) is 10.7 Å². The molecule has 1 N–H and O–H groups in total. The van der Waals surface area contributed by atoms with Crippen molar-refractivity contribution in [1.29, 1.82) is 0 Å². The van der Waals surface area contributed by atoms with Crippen molar-refractivity contribution >= 4 is 15.9 Å². The smallest absolute Gasteiger partial charge is 0.0968 e. The third-order valence-electron chi connectivity index (χ3n) is 4.23. The maximum absolute atomic E-state index is 10.5. The van der Waals surface area contributed by atoms with E-state index < -0.39 is 6.10 Å². The van der Waals surface area contributed by atoms with E-state index >= 15 is 0 Å². The molecule has 1 aliphatic carbocycles. The molecular formula is C15H26BrN3O. The molecule has 1 heterocycles. The number of rotatable bonds is 7. The molecule has 0 radical (unpaired) electrons. The van der Waals surface area contributed by atoms with Gasteiger partial charge in [0, 0.05) is 6.54 Å². The van der Waals surface area contributed by atoms with E-state index in [1.54, 1.807) is 6.20 Å². The quantitative estimate of drug-likeness (QED) is 0.826. The summed E-state index contributed by atoms with van der Waals surface area (Å²) in [6.07, 6.45) is 8.78. The Balaban J connectivity index is 1.93. The molecule has 0 bridgehead atoms. The number of hydrogen-bond acceptors (Lipinski definition) is 3. The second-order valence-electron chi connectivity index (χ2n) is 6.15. The van der Waals surface area contributed by atoms with Crippen LogP contribution < -0.4 is 0 Å². The highest BCUT2D eigenvalue weighted by atomic mass is 79.9. The van der Waals surface area contributed by atoms with Crippen molar-refractivity contribution in [3.8, 4) is 0 Å². The van der Waals surface area contributed by atoms with E-state index in [2.05, 4.69) is 40.0 Å². The zero-order valence-electron chi connectivity index (χ0n) is 12.6. The zero-order valence-corrected chi connectivity index (χ0v) is 14.1. The van der Waals surface area contributed by atoms with E-state index in [4.69, 9.17) is 0 Å². The van der Waals surface area contributed by atoms with E-state index in [-0.39, 0.29) is 0 Å². The van der Waals surface area contributed by atoms with Crippen LogP contribution in [0, 0.1) is 5.92 Å². The van der Waals surface area contributed by atoms with Crippen molar-refractivity contribution in [2.45, 2.75) is 51.2 Å². The van der Waals surface area contributed by atoms with E-state index in [0.717, 1.165) is 42.0 Å². The third kappa shape index (κ3) is 4.30. The lowest BCUT2D eigenvalue weighted by molar-refractivity contribution is 0.144. The van der Waals surface area contributed by atoms with Gasteiger partial charge in [-0.05, 0) is 48.8 Å². The number of aliphatic hydroxyl groups excluding tert-OH is 1. The van der Waals surface area contributed by atoms with Crippen molar-refractivity contribution in [3.63, 3.8) is 0 Å². The second kappa shape index (κ2) is 7.57. The molecule has 114 valence electrons. The van der Waals surface area contributed by atoms with E-state index in [1.165, 1.54) is 25.7 Å². The Bertz CT molecular complexity index is 413. The minimum atomic E-state index is -0.408. The molecule has 0 aliphatic heterocycles. The molecule has 0 spiro atoms. The molecule has 4 nitrogen and oxygen atoms in total. The summed E-state index contributed by atoms with van der Waals surface area (Å²) >= 11 is 3.52. The normalized spacial score (nSPS) is 18.1. The van der Waals surface area contributed by atoms with Crippen LogP contribution in [0.5, 0.6) is 0 Å². The molecule has 20 heavy (non-hydrogen) atoms. The van der Waals surface area contributed by atoms with Gasteiger partial charge in [-0.25, -0.2) is 0 Å². The summed E-state index contributed by atoms with van der Waals surface area (Å²) in [5.41, 5.74) is 0.935. The van der Waals surface area contributed by atoms with Crippen LogP contribution in [0.25, 0.3) is 0 Å². The van der Waals surface area contributed by atoms with Gasteiger partial charge in [-0.2, -0.15) is 5.10 Å². The lowest BCUT2D eigenvalue weighted by Crippen LogP contribution is -2.21. The van der Waals surface area contributed by atoms with Gasteiger partial charge in [-0.1, -0.05) is 25.7 Å². The summed E-state index contributed by atoms with van der Waals surface area (Å²) in [6, 6.07) is 0. The Kier molecular flexibility index (Phi) is 6.05. The first-order valence-corrected chi connectivity index (χ1v) is 8.41. The molecule has 0 aromatic carbocycles. The number of halogens is 1. The fraction of sp³-hybridized carbons (Fsp3) is 0.800. The zero-order chi connectivity index (χ0) is 14.5. The number of likely N-dealkylation sites (N-methyl/N-ethyl adjacent to an activating group) is 1. The molecule has 1 saturated carbocycles. The summed E-state index contributed by atoms with van der Waals surface area (Å²) in [5, 5.41) is 14.9. The lowest BCUT2D eigenvalue weighted by Gasteiger charge is -2.17. The van der Waals surface area contributed by atoms with Gasteiger partial charge in [0.05, 0.1) is 29.0 Å². The Morgan fingerprint density at radius 2 is 2.15 bits per heavy atom. The van der Waals surface area contributed by atoms with Crippen LogP contribution in [0.2, 0.25) is 0 Å². The SMILES string of the molecule is CN(C)CCn1ncc(Br)c1C(O)CCC1CCCC1. The number of aliphatic hydroxyl groups is 1. The number of nitrogens with zero attached hydrogens (tertiary/aromatic N) is 3. The Morgan fingerprint density at radius 3 is 2.80 bits per heavy atom. The van der Waals surface area contributed by atoms with Crippen molar-refractivity contribution in [1.82, 2.24) is 14.7 Å². The molecule has 1 aliphatic rings. The van der Waals surface area contributed by atoms with E-state index in [9.17, 15) is 5.11 Å². The average Bonchev–Trinajstić information content (AvgIpc) is 3.03. The molecule has 0 saturated heterocycles. The topological polar surface area (TPSA) is 41.3 Å². The first-order valence-electron chi connectivity index (χ1n) is 7.62. The molecule has 1 atom stereocenters. The van der Waals surface area contributed by atoms with Crippen molar-refractivity contribution in [2.24, 2.45) is 5.92 Å². The Labute approximate surface area is 130 Å². The summed E-state index contributed by atoms with van der Waals surface area (Å²) in [7, 11) is 4.10. The fourth-order valence-electron chi connectivity index (χ4n) is 3.01. The summed E-state index contributed by atoms with van der Waals surface area (Å²) < 4.78 is 2.86. The summed E-state index contributed by atoms with van der Waals surface area (Å²) in [4.78, 5) is 2.13. The standard InChI is InChI=1S/C15H26BrN3O/c1-18(2)9-10-19-15(13(16)11-17-19)14(20)8-7-12-5-3-4-6-12/h11-12,14,20H,3-10H2,1-2H3. The van der Waals surface area contributed by atoms with Gasteiger partial charge in [0.2, 0.25) is 0 Å². The molecule has 1 aromatic heterocycles. The third-order valence-corrected chi connectivity index (χ3v) is 4.84. The highest BCUT2D eigenvalue weighted by molar-refractivity contribution is 9.10. The first kappa shape index (κ1) is 16.0. The predicted octanol–water partition coefficient (Wildman–Crippen LogP) is 3.21. The number of hydrogen-bond donors (Lipinski definition) is 1. The largest absolute Gasteiger partial charge is 0.387 e. The maximum Gasteiger partial charge on any atom is 0.0968 e. The van der Waals surface area contributed by atoms with Crippen molar-refractivity contribution in [3.05, 3.63) is 16.4 Å². The van der Waals surface area contributed by atoms with Crippen LogP contribution in [0.3, 0.4) is 0 Å². The minimum absolute atomic E-state index is 0.408. The molecule has 1 fully saturated rings. The Hall–Kier alpha value is -0.390. The monoisotopic (exact) mass is 343 g/mol. The molecule has 0 amide bonds. The number of aromatic nitrogens is 2. The van der Waals surface area contributed by atoms with Gasteiger partial charge in [-0.3, -0.25) is 4.68 Å². The van der Waals surface area contributed by atoms with Crippen molar-refractivity contribution < 1.29 is 5.11 Å². The van der Waals surface area contributed by atoms with Gasteiger partial charge in [0.15, 0.2) is 0 Å². The average molecular weight is 344 g/mol. The highest BCUT2D eigenvalue weighted by Gasteiger charge is 2.21. The van der Waals surface area contributed by atoms with Gasteiger partial charge in [-0.15, -0.1) is 0 Å². The molecular weight excluding hydrogens is 318 g/mol. The maximum atomic E-state index is 10.5. The fourth-order valence-corrected chi connectivity index (χ4v) is 3.57.